The Balaban J connectivity index is 2.90. The van der Waals surface area contributed by atoms with Crippen molar-refractivity contribution in [2.75, 3.05) is 0 Å². The number of halogens is 3. The largest absolute Gasteiger partial charge is 0.416 e. The smallest absolute Gasteiger partial charge is 0.355 e. The van der Waals surface area contributed by atoms with E-state index in [0.717, 1.165) is 6.07 Å². The zero-order valence-electron chi connectivity index (χ0n) is 7.93. The van der Waals surface area contributed by atoms with Gasteiger partial charge in [0, 0.05) is 6.42 Å². The maximum absolute atomic E-state index is 12.3. The highest BCUT2D eigenvalue weighted by molar-refractivity contribution is 5.25. The Morgan fingerprint density at radius 3 is 2.50 bits per heavy atom. The molecule has 1 atom stereocenters. The molecule has 0 heterocycles. The highest BCUT2D eigenvalue weighted by atomic mass is 19.4. The minimum Gasteiger partial charge on any atom is -0.355 e. The van der Waals surface area contributed by atoms with Gasteiger partial charge in [0.2, 0.25) is 0 Å². The molecule has 1 aromatic carbocycles. The normalized spacial score (nSPS) is 14.1. The van der Waals surface area contributed by atoms with Gasteiger partial charge in [-0.2, -0.15) is 13.2 Å². The second-order valence-corrected chi connectivity index (χ2v) is 3.51. The van der Waals surface area contributed by atoms with Gasteiger partial charge in [-0.1, -0.05) is 18.2 Å². The third-order valence-electron chi connectivity index (χ3n) is 1.84. The van der Waals surface area contributed by atoms with E-state index in [-0.39, 0.29) is 6.04 Å². The van der Waals surface area contributed by atoms with E-state index in [1.165, 1.54) is 12.1 Å². The molecule has 1 rings (SSSR count). The Morgan fingerprint density at radius 2 is 2.00 bits per heavy atom. The average Bonchev–Trinajstić information content (AvgIpc) is 2.01. The van der Waals surface area contributed by atoms with Gasteiger partial charge < -0.3 is 5.73 Å². The van der Waals surface area contributed by atoms with Crippen LogP contribution in [0.1, 0.15) is 18.1 Å². The summed E-state index contributed by atoms with van der Waals surface area (Å²) >= 11 is 0. The van der Waals surface area contributed by atoms with E-state index < -0.39 is 11.7 Å². The SMILES string of the molecule is C[C@@H]([NH3+])Cc1cccc(C(F)(F)F)c1. The Kier molecular flexibility index (Phi) is 3.16. The fourth-order valence-corrected chi connectivity index (χ4v) is 1.28. The Morgan fingerprint density at radius 1 is 1.36 bits per heavy atom. The van der Waals surface area contributed by atoms with Gasteiger partial charge in [0.1, 0.15) is 0 Å². The maximum Gasteiger partial charge on any atom is 0.416 e. The zero-order chi connectivity index (χ0) is 10.8. The number of hydrogen-bond donors (Lipinski definition) is 1. The molecule has 0 bridgehead atoms. The summed E-state index contributed by atoms with van der Waals surface area (Å²) in [4.78, 5) is 0. The fourth-order valence-electron chi connectivity index (χ4n) is 1.28. The number of hydrogen-bond acceptors (Lipinski definition) is 0. The Labute approximate surface area is 80.7 Å². The summed E-state index contributed by atoms with van der Waals surface area (Å²) < 4.78 is 36.9. The lowest BCUT2D eigenvalue weighted by Crippen LogP contribution is -2.60. The molecule has 0 saturated carbocycles. The molecule has 0 aliphatic rings. The lowest BCUT2D eigenvalue weighted by molar-refractivity contribution is -0.413. The second-order valence-electron chi connectivity index (χ2n) is 3.51. The van der Waals surface area contributed by atoms with Crippen LogP contribution in [0.25, 0.3) is 0 Å². The van der Waals surface area contributed by atoms with Crippen molar-refractivity contribution < 1.29 is 18.9 Å². The fraction of sp³-hybridized carbons (Fsp3) is 0.400. The monoisotopic (exact) mass is 204 g/mol. The number of benzene rings is 1. The molecule has 4 heteroatoms. The summed E-state index contributed by atoms with van der Waals surface area (Å²) in [5, 5.41) is 0. The van der Waals surface area contributed by atoms with E-state index in [9.17, 15) is 13.2 Å². The Hall–Kier alpha value is -1.03. The highest BCUT2D eigenvalue weighted by Crippen LogP contribution is 2.29. The van der Waals surface area contributed by atoms with Gasteiger partial charge in [-0.25, -0.2) is 0 Å². The molecule has 0 aromatic heterocycles. The van der Waals surface area contributed by atoms with Gasteiger partial charge >= 0.3 is 6.18 Å². The van der Waals surface area contributed by atoms with Crippen molar-refractivity contribution in [3.8, 4) is 0 Å². The summed E-state index contributed by atoms with van der Waals surface area (Å²) in [5.74, 6) is 0. The van der Waals surface area contributed by atoms with Gasteiger partial charge in [-0.3, -0.25) is 0 Å². The molecular weight excluding hydrogens is 191 g/mol. The van der Waals surface area contributed by atoms with Crippen molar-refractivity contribution in [1.82, 2.24) is 0 Å². The van der Waals surface area contributed by atoms with Crippen molar-refractivity contribution in [2.45, 2.75) is 25.6 Å². The first-order valence-corrected chi connectivity index (χ1v) is 4.39. The molecule has 0 aliphatic carbocycles. The van der Waals surface area contributed by atoms with Crippen LogP contribution in [-0.4, -0.2) is 6.04 Å². The summed E-state index contributed by atoms with van der Waals surface area (Å²) in [6.45, 7) is 1.88. The summed E-state index contributed by atoms with van der Waals surface area (Å²) in [7, 11) is 0. The first kappa shape index (κ1) is 11.0. The predicted octanol–water partition coefficient (Wildman–Crippen LogP) is 1.88. The van der Waals surface area contributed by atoms with Crippen LogP contribution in [0.2, 0.25) is 0 Å². The minimum atomic E-state index is -4.25. The topological polar surface area (TPSA) is 27.6 Å². The standard InChI is InChI=1S/C10H12F3N/c1-7(14)5-8-3-2-4-9(6-8)10(11,12)13/h2-4,6-7H,5,14H2,1H3/p+1/t7-/m1/s1. The van der Waals surface area contributed by atoms with Crippen LogP contribution in [0.15, 0.2) is 24.3 Å². The molecule has 1 aromatic rings. The molecule has 1 nitrogen and oxygen atoms in total. The minimum absolute atomic E-state index is 0.124. The molecule has 78 valence electrons. The van der Waals surface area contributed by atoms with Gasteiger partial charge in [0.25, 0.3) is 0 Å². The number of alkyl halides is 3. The molecule has 0 fully saturated rings. The lowest BCUT2D eigenvalue weighted by atomic mass is 10.0. The van der Waals surface area contributed by atoms with Crippen LogP contribution >= 0.6 is 0 Å². The first-order chi connectivity index (χ1) is 6.39. The van der Waals surface area contributed by atoms with Crippen molar-refractivity contribution in [1.29, 1.82) is 0 Å². The lowest BCUT2D eigenvalue weighted by Gasteiger charge is -2.08. The average molecular weight is 204 g/mol. The predicted molar refractivity (Wildman–Crippen MR) is 47.5 cm³/mol. The number of rotatable bonds is 2. The summed E-state index contributed by atoms with van der Waals surface area (Å²) in [6.07, 6.45) is -3.68. The van der Waals surface area contributed by atoms with E-state index in [1.54, 1.807) is 6.07 Å². The van der Waals surface area contributed by atoms with Gasteiger partial charge in [-0.05, 0) is 18.6 Å². The molecule has 0 unspecified atom stereocenters. The van der Waals surface area contributed by atoms with E-state index in [2.05, 4.69) is 5.73 Å². The summed E-state index contributed by atoms with van der Waals surface area (Å²) in [6, 6.07) is 5.51. The molecule has 14 heavy (non-hydrogen) atoms. The van der Waals surface area contributed by atoms with Crippen LogP contribution in [0.3, 0.4) is 0 Å². The Bertz CT molecular complexity index is 304. The first-order valence-electron chi connectivity index (χ1n) is 4.39. The van der Waals surface area contributed by atoms with E-state index >= 15 is 0 Å². The second kappa shape index (κ2) is 4.00. The van der Waals surface area contributed by atoms with Crippen LogP contribution in [0.5, 0.6) is 0 Å². The molecular formula is C10H13F3N+. The molecule has 0 radical (unpaired) electrons. The van der Waals surface area contributed by atoms with Crippen molar-refractivity contribution in [3.63, 3.8) is 0 Å². The summed E-state index contributed by atoms with van der Waals surface area (Å²) in [5.41, 5.74) is 3.84. The van der Waals surface area contributed by atoms with Gasteiger partial charge in [0.05, 0.1) is 11.6 Å². The maximum atomic E-state index is 12.3. The van der Waals surface area contributed by atoms with Crippen LogP contribution in [0, 0.1) is 0 Å². The van der Waals surface area contributed by atoms with E-state index in [0.29, 0.717) is 12.0 Å². The third kappa shape index (κ3) is 3.03. The van der Waals surface area contributed by atoms with Gasteiger partial charge in [-0.15, -0.1) is 0 Å². The molecule has 3 N–H and O–H groups in total. The van der Waals surface area contributed by atoms with Crippen molar-refractivity contribution >= 4 is 0 Å². The number of quaternary nitrogens is 1. The van der Waals surface area contributed by atoms with Crippen LogP contribution in [-0.2, 0) is 12.6 Å². The van der Waals surface area contributed by atoms with Crippen molar-refractivity contribution in [3.05, 3.63) is 35.4 Å². The van der Waals surface area contributed by atoms with E-state index in [1.807, 2.05) is 6.92 Å². The van der Waals surface area contributed by atoms with E-state index in [4.69, 9.17) is 0 Å². The zero-order valence-corrected chi connectivity index (χ0v) is 7.93. The van der Waals surface area contributed by atoms with Crippen LogP contribution in [0.4, 0.5) is 13.2 Å². The molecule has 0 aliphatic heterocycles. The third-order valence-corrected chi connectivity index (χ3v) is 1.84. The van der Waals surface area contributed by atoms with Gasteiger partial charge in [0.15, 0.2) is 0 Å². The molecule has 0 amide bonds. The molecule has 0 spiro atoms. The highest BCUT2D eigenvalue weighted by Gasteiger charge is 2.30. The van der Waals surface area contributed by atoms with Crippen molar-refractivity contribution in [2.24, 2.45) is 0 Å². The van der Waals surface area contributed by atoms with Crippen LogP contribution < -0.4 is 5.73 Å². The molecule has 0 saturated heterocycles. The quantitative estimate of drug-likeness (QED) is 0.761.